The highest BCUT2D eigenvalue weighted by Gasteiger charge is 2.21. The Kier molecular flexibility index (Phi) is 4.75. The molecule has 114 valence electrons. The number of ether oxygens (including phenoxy) is 1. The molecule has 2 aromatic rings. The lowest BCUT2D eigenvalue weighted by Crippen LogP contribution is -2.33. The number of carbonyl (C=O) groups excluding carboxylic acids is 1. The third kappa shape index (κ3) is 3.68. The van der Waals surface area contributed by atoms with Gasteiger partial charge in [0.15, 0.2) is 0 Å². The van der Waals surface area contributed by atoms with Crippen LogP contribution in [-0.2, 0) is 16.1 Å². The van der Waals surface area contributed by atoms with Crippen molar-refractivity contribution in [2.75, 3.05) is 13.2 Å². The van der Waals surface area contributed by atoms with Gasteiger partial charge in [0.05, 0.1) is 5.69 Å². The second-order valence-corrected chi connectivity index (χ2v) is 5.40. The Bertz CT molecular complexity index is 625. The molecule has 0 aromatic carbocycles. The molecule has 1 fully saturated rings. The van der Waals surface area contributed by atoms with E-state index in [1.165, 1.54) is 0 Å². The summed E-state index contributed by atoms with van der Waals surface area (Å²) in [4.78, 5) is 20.6. The van der Waals surface area contributed by atoms with Gasteiger partial charge in [0.1, 0.15) is 0 Å². The maximum atomic E-state index is 12.1. The van der Waals surface area contributed by atoms with Crippen LogP contribution in [-0.4, -0.2) is 29.1 Å². The Morgan fingerprint density at radius 2 is 2.14 bits per heavy atom. The number of nitrogens with zero attached hydrogens (tertiary/aromatic N) is 2. The van der Waals surface area contributed by atoms with Crippen molar-refractivity contribution in [3.05, 3.63) is 48.4 Å². The summed E-state index contributed by atoms with van der Waals surface area (Å²) < 4.78 is 5.28. The van der Waals surface area contributed by atoms with Gasteiger partial charge in [-0.3, -0.25) is 14.8 Å². The van der Waals surface area contributed by atoms with E-state index < -0.39 is 0 Å². The van der Waals surface area contributed by atoms with Crippen LogP contribution in [0.2, 0.25) is 0 Å². The molecule has 1 aliphatic heterocycles. The highest BCUT2D eigenvalue weighted by Crippen LogP contribution is 2.17. The predicted molar refractivity (Wildman–Crippen MR) is 82.9 cm³/mol. The second-order valence-electron chi connectivity index (χ2n) is 5.40. The fourth-order valence-corrected chi connectivity index (χ4v) is 2.55. The fourth-order valence-electron chi connectivity index (χ4n) is 2.55. The fraction of sp³-hybridized carbons (Fsp3) is 0.353. The zero-order chi connectivity index (χ0) is 15.2. The minimum absolute atomic E-state index is 0.0772. The number of pyridine rings is 2. The van der Waals surface area contributed by atoms with E-state index in [0.717, 1.165) is 29.7 Å². The van der Waals surface area contributed by atoms with E-state index >= 15 is 0 Å². The van der Waals surface area contributed by atoms with Crippen LogP contribution in [0.25, 0.3) is 11.3 Å². The molecule has 1 saturated heterocycles. The summed E-state index contributed by atoms with van der Waals surface area (Å²) in [7, 11) is 0. The van der Waals surface area contributed by atoms with Gasteiger partial charge >= 0.3 is 0 Å². The first-order valence-corrected chi connectivity index (χ1v) is 7.54. The zero-order valence-corrected chi connectivity index (χ0v) is 12.4. The van der Waals surface area contributed by atoms with Crippen LogP contribution in [0, 0.1) is 5.92 Å². The summed E-state index contributed by atoms with van der Waals surface area (Å²) in [5.41, 5.74) is 2.88. The Balaban J connectivity index is 1.62. The first kappa shape index (κ1) is 14.7. The molecule has 3 heterocycles. The van der Waals surface area contributed by atoms with Gasteiger partial charge in [-0.2, -0.15) is 0 Å². The number of rotatable bonds is 4. The van der Waals surface area contributed by atoms with E-state index in [0.29, 0.717) is 19.8 Å². The summed E-state index contributed by atoms with van der Waals surface area (Å²) in [6, 6.07) is 7.77. The van der Waals surface area contributed by atoms with E-state index in [1.54, 1.807) is 18.6 Å². The highest BCUT2D eigenvalue weighted by molar-refractivity contribution is 5.78. The zero-order valence-electron chi connectivity index (χ0n) is 12.4. The summed E-state index contributed by atoms with van der Waals surface area (Å²) in [5, 5.41) is 3.01. The predicted octanol–water partition coefficient (Wildman–Crippen LogP) is 2.19. The molecule has 5 nitrogen and oxygen atoms in total. The molecule has 0 atom stereocenters. The number of hydrogen-bond acceptors (Lipinski definition) is 4. The quantitative estimate of drug-likeness (QED) is 0.939. The van der Waals surface area contributed by atoms with Gasteiger partial charge in [0, 0.05) is 49.8 Å². The SMILES string of the molecule is O=C(NCc1ccnc(-c2cccnc2)c1)C1CCOCC1. The molecule has 0 aliphatic carbocycles. The standard InChI is InChI=1S/C17H19N3O2/c21-17(14-4-8-22-9-5-14)20-11-13-3-7-19-16(10-13)15-2-1-6-18-12-15/h1-3,6-7,10,12,14H,4-5,8-9,11H2,(H,20,21). The second kappa shape index (κ2) is 7.13. The van der Waals surface area contributed by atoms with E-state index in [9.17, 15) is 4.79 Å². The van der Waals surface area contributed by atoms with Gasteiger partial charge in [-0.1, -0.05) is 0 Å². The smallest absolute Gasteiger partial charge is 0.223 e. The number of nitrogens with one attached hydrogen (secondary N) is 1. The van der Waals surface area contributed by atoms with Crippen molar-refractivity contribution >= 4 is 5.91 Å². The first-order chi connectivity index (χ1) is 10.8. The van der Waals surface area contributed by atoms with Crippen molar-refractivity contribution in [2.45, 2.75) is 19.4 Å². The van der Waals surface area contributed by atoms with Crippen molar-refractivity contribution in [3.63, 3.8) is 0 Å². The summed E-state index contributed by atoms with van der Waals surface area (Å²) in [6.45, 7) is 1.88. The Labute approximate surface area is 129 Å². The molecule has 0 bridgehead atoms. The largest absolute Gasteiger partial charge is 0.381 e. The molecular formula is C17H19N3O2. The van der Waals surface area contributed by atoms with Gasteiger partial charge < -0.3 is 10.1 Å². The van der Waals surface area contributed by atoms with E-state index in [1.807, 2.05) is 24.3 Å². The third-order valence-electron chi connectivity index (χ3n) is 3.84. The van der Waals surface area contributed by atoms with Gasteiger partial charge in [0.25, 0.3) is 0 Å². The molecule has 0 spiro atoms. The van der Waals surface area contributed by atoms with Crippen molar-refractivity contribution in [2.24, 2.45) is 5.92 Å². The lowest BCUT2D eigenvalue weighted by molar-refractivity contribution is -0.128. The highest BCUT2D eigenvalue weighted by atomic mass is 16.5. The van der Waals surface area contributed by atoms with Crippen LogP contribution in [0.15, 0.2) is 42.9 Å². The molecule has 5 heteroatoms. The lowest BCUT2D eigenvalue weighted by Gasteiger charge is -2.21. The average molecular weight is 297 g/mol. The summed E-state index contributed by atoms with van der Waals surface area (Å²) in [5.74, 6) is 0.191. The monoisotopic (exact) mass is 297 g/mol. The minimum Gasteiger partial charge on any atom is -0.381 e. The molecular weight excluding hydrogens is 278 g/mol. The number of aromatic nitrogens is 2. The van der Waals surface area contributed by atoms with Crippen LogP contribution in [0.3, 0.4) is 0 Å². The molecule has 1 N–H and O–H groups in total. The van der Waals surface area contributed by atoms with Crippen molar-refractivity contribution in [1.29, 1.82) is 0 Å². The van der Waals surface area contributed by atoms with E-state index in [2.05, 4.69) is 15.3 Å². The number of carbonyl (C=O) groups is 1. The molecule has 22 heavy (non-hydrogen) atoms. The summed E-state index contributed by atoms with van der Waals surface area (Å²) >= 11 is 0. The summed E-state index contributed by atoms with van der Waals surface area (Å²) in [6.07, 6.45) is 6.90. The topological polar surface area (TPSA) is 64.1 Å². The lowest BCUT2D eigenvalue weighted by atomic mass is 9.99. The number of hydrogen-bond donors (Lipinski definition) is 1. The van der Waals surface area contributed by atoms with Gasteiger partial charge in [0.2, 0.25) is 5.91 Å². The first-order valence-electron chi connectivity index (χ1n) is 7.54. The van der Waals surface area contributed by atoms with Gasteiger partial charge in [-0.05, 0) is 42.7 Å². The van der Waals surface area contributed by atoms with E-state index in [4.69, 9.17) is 4.74 Å². The maximum Gasteiger partial charge on any atom is 0.223 e. The van der Waals surface area contributed by atoms with E-state index in [-0.39, 0.29) is 11.8 Å². The molecule has 1 amide bonds. The van der Waals surface area contributed by atoms with Crippen molar-refractivity contribution in [3.8, 4) is 11.3 Å². The number of amides is 1. The Morgan fingerprint density at radius 3 is 2.91 bits per heavy atom. The minimum atomic E-state index is 0.0772. The molecule has 0 radical (unpaired) electrons. The Hall–Kier alpha value is -2.27. The maximum absolute atomic E-state index is 12.1. The van der Waals surface area contributed by atoms with Crippen molar-refractivity contribution in [1.82, 2.24) is 15.3 Å². The van der Waals surface area contributed by atoms with Crippen LogP contribution in [0.5, 0.6) is 0 Å². The normalized spacial score (nSPS) is 15.5. The van der Waals surface area contributed by atoms with Gasteiger partial charge in [-0.25, -0.2) is 0 Å². The molecule has 2 aromatic heterocycles. The van der Waals surface area contributed by atoms with Crippen molar-refractivity contribution < 1.29 is 9.53 Å². The van der Waals surface area contributed by atoms with Crippen LogP contribution in [0.1, 0.15) is 18.4 Å². The molecule has 3 rings (SSSR count). The van der Waals surface area contributed by atoms with Crippen LogP contribution < -0.4 is 5.32 Å². The Morgan fingerprint density at radius 1 is 1.27 bits per heavy atom. The molecule has 0 unspecified atom stereocenters. The van der Waals surface area contributed by atoms with Gasteiger partial charge in [-0.15, -0.1) is 0 Å². The van der Waals surface area contributed by atoms with Crippen LogP contribution in [0.4, 0.5) is 0 Å². The molecule has 1 aliphatic rings. The third-order valence-corrected chi connectivity index (χ3v) is 3.84. The average Bonchev–Trinajstić information content (AvgIpc) is 2.61. The van der Waals surface area contributed by atoms with Crippen LogP contribution >= 0.6 is 0 Å². The molecule has 0 saturated carbocycles.